The van der Waals surface area contributed by atoms with Crippen molar-refractivity contribution in [2.75, 3.05) is 0 Å². The number of nitrogens with two attached hydrogens (primary N) is 1. The van der Waals surface area contributed by atoms with Gasteiger partial charge in [-0.2, -0.15) is 0 Å². The zero-order chi connectivity index (χ0) is 11.3. The van der Waals surface area contributed by atoms with Gasteiger partial charge in [-0.05, 0) is 38.5 Å². The summed E-state index contributed by atoms with van der Waals surface area (Å²) in [4.78, 5) is 11.8. The van der Waals surface area contributed by atoms with Crippen LogP contribution in [-0.4, -0.2) is 18.0 Å². The molecule has 0 bridgehead atoms. The fourth-order valence-electron chi connectivity index (χ4n) is 2.24. The maximum atomic E-state index is 11.8. The molecule has 3 nitrogen and oxygen atoms in total. The van der Waals surface area contributed by atoms with E-state index < -0.39 is 0 Å². The van der Waals surface area contributed by atoms with E-state index in [1.165, 1.54) is 0 Å². The van der Waals surface area contributed by atoms with Gasteiger partial charge in [0.1, 0.15) is 0 Å². The maximum Gasteiger partial charge on any atom is 0.223 e. The number of carbonyl (C=O) groups excluding carboxylic acids is 1. The molecule has 1 aliphatic rings. The molecule has 1 amide bonds. The lowest BCUT2D eigenvalue weighted by Crippen LogP contribution is -2.42. The first-order valence-corrected chi connectivity index (χ1v) is 6.23. The summed E-state index contributed by atoms with van der Waals surface area (Å²) in [6.07, 6.45) is 6.07. The molecule has 1 fully saturated rings. The second-order valence-corrected chi connectivity index (χ2v) is 4.63. The van der Waals surface area contributed by atoms with Crippen LogP contribution in [0.5, 0.6) is 0 Å². The third kappa shape index (κ3) is 4.71. The number of nitrogens with one attached hydrogen (secondary N) is 1. The van der Waals surface area contributed by atoms with Crippen LogP contribution in [0.3, 0.4) is 0 Å². The van der Waals surface area contributed by atoms with Gasteiger partial charge in [-0.25, -0.2) is 0 Å². The van der Waals surface area contributed by atoms with Gasteiger partial charge in [0.15, 0.2) is 0 Å². The molecule has 0 heterocycles. The second-order valence-electron chi connectivity index (χ2n) is 4.63. The topological polar surface area (TPSA) is 55.1 Å². The minimum Gasteiger partial charge on any atom is -0.353 e. The first-order chi connectivity index (χ1) is 7.17. The largest absolute Gasteiger partial charge is 0.353 e. The summed E-state index contributed by atoms with van der Waals surface area (Å²) in [5.41, 5.74) is 5.83. The first kappa shape index (κ1) is 15.7. The van der Waals surface area contributed by atoms with E-state index in [1.807, 2.05) is 0 Å². The molecule has 16 heavy (non-hydrogen) atoms. The molecule has 1 rings (SSSR count). The van der Waals surface area contributed by atoms with Crippen molar-refractivity contribution >= 4 is 18.3 Å². The minimum atomic E-state index is 0. The third-order valence-electron chi connectivity index (χ3n) is 3.47. The van der Waals surface area contributed by atoms with Crippen molar-refractivity contribution in [3.63, 3.8) is 0 Å². The Morgan fingerprint density at radius 3 is 2.19 bits per heavy atom. The van der Waals surface area contributed by atoms with Crippen LogP contribution < -0.4 is 11.1 Å². The van der Waals surface area contributed by atoms with Gasteiger partial charge in [-0.3, -0.25) is 4.79 Å². The third-order valence-corrected chi connectivity index (χ3v) is 3.47. The molecule has 0 radical (unpaired) electrons. The molecule has 0 aromatic rings. The molecule has 0 saturated heterocycles. The summed E-state index contributed by atoms with van der Waals surface area (Å²) in [7, 11) is 0. The van der Waals surface area contributed by atoms with Gasteiger partial charge in [0.2, 0.25) is 5.91 Å². The van der Waals surface area contributed by atoms with Crippen LogP contribution in [0.15, 0.2) is 0 Å². The van der Waals surface area contributed by atoms with Crippen molar-refractivity contribution in [3.8, 4) is 0 Å². The molecule has 0 aromatic heterocycles. The average Bonchev–Trinajstić information content (AvgIpc) is 2.23. The van der Waals surface area contributed by atoms with Gasteiger partial charge < -0.3 is 11.1 Å². The Labute approximate surface area is 105 Å². The Kier molecular flexibility index (Phi) is 7.77. The molecule has 96 valence electrons. The van der Waals surface area contributed by atoms with Crippen molar-refractivity contribution in [2.24, 2.45) is 11.7 Å². The zero-order valence-electron chi connectivity index (χ0n) is 10.4. The van der Waals surface area contributed by atoms with E-state index in [2.05, 4.69) is 19.2 Å². The normalized spacial score (nSPS) is 25.0. The smallest absolute Gasteiger partial charge is 0.223 e. The predicted molar refractivity (Wildman–Crippen MR) is 69.7 cm³/mol. The standard InChI is InChI=1S/C12H24N2O.ClH/c1-3-9(4-2)12(15)14-11-7-5-10(13)6-8-11;/h9-11H,3-8,13H2,1-2H3,(H,14,15);1H. The van der Waals surface area contributed by atoms with Crippen molar-refractivity contribution in [2.45, 2.75) is 64.5 Å². The van der Waals surface area contributed by atoms with Gasteiger partial charge in [0, 0.05) is 18.0 Å². The fraction of sp³-hybridized carbons (Fsp3) is 0.917. The maximum absolute atomic E-state index is 11.8. The van der Waals surface area contributed by atoms with Crippen LogP contribution >= 0.6 is 12.4 Å². The molecule has 1 saturated carbocycles. The van der Waals surface area contributed by atoms with E-state index >= 15 is 0 Å². The van der Waals surface area contributed by atoms with E-state index in [0.29, 0.717) is 12.1 Å². The van der Waals surface area contributed by atoms with E-state index in [-0.39, 0.29) is 24.2 Å². The van der Waals surface area contributed by atoms with Crippen LogP contribution in [0, 0.1) is 5.92 Å². The van der Waals surface area contributed by atoms with Crippen molar-refractivity contribution < 1.29 is 4.79 Å². The van der Waals surface area contributed by atoms with Crippen molar-refractivity contribution in [1.82, 2.24) is 5.32 Å². The van der Waals surface area contributed by atoms with E-state index in [4.69, 9.17) is 5.73 Å². The molecule has 0 aliphatic heterocycles. The number of hydrogen-bond acceptors (Lipinski definition) is 2. The van der Waals surface area contributed by atoms with Gasteiger partial charge >= 0.3 is 0 Å². The lowest BCUT2D eigenvalue weighted by Gasteiger charge is -2.28. The molecule has 1 aliphatic carbocycles. The van der Waals surface area contributed by atoms with Gasteiger partial charge in [0.05, 0.1) is 0 Å². The first-order valence-electron chi connectivity index (χ1n) is 6.23. The second kappa shape index (κ2) is 7.91. The summed E-state index contributed by atoms with van der Waals surface area (Å²) in [5.74, 6) is 0.432. The molecular weight excluding hydrogens is 224 g/mol. The lowest BCUT2D eigenvalue weighted by molar-refractivity contribution is -0.126. The van der Waals surface area contributed by atoms with E-state index in [0.717, 1.165) is 38.5 Å². The number of hydrogen-bond donors (Lipinski definition) is 2. The molecule has 3 N–H and O–H groups in total. The Balaban J connectivity index is 0.00000225. The summed E-state index contributed by atoms with van der Waals surface area (Å²) in [6.45, 7) is 4.15. The Hall–Kier alpha value is -0.280. The number of carbonyl (C=O) groups is 1. The molecular formula is C12H25ClN2O. The predicted octanol–water partition coefficient (Wildman–Crippen LogP) is 2.23. The van der Waals surface area contributed by atoms with Crippen LogP contribution in [-0.2, 0) is 4.79 Å². The number of halogens is 1. The van der Waals surface area contributed by atoms with Crippen molar-refractivity contribution in [3.05, 3.63) is 0 Å². The fourth-order valence-corrected chi connectivity index (χ4v) is 2.24. The van der Waals surface area contributed by atoms with Crippen LogP contribution in [0.1, 0.15) is 52.4 Å². The Bertz CT molecular complexity index is 199. The van der Waals surface area contributed by atoms with Crippen molar-refractivity contribution in [1.29, 1.82) is 0 Å². The number of rotatable bonds is 4. The molecule has 0 unspecified atom stereocenters. The van der Waals surface area contributed by atoms with E-state index in [1.54, 1.807) is 0 Å². The summed E-state index contributed by atoms with van der Waals surface area (Å²) < 4.78 is 0. The monoisotopic (exact) mass is 248 g/mol. The SMILES string of the molecule is CCC(CC)C(=O)NC1CCC(N)CC1.Cl. The minimum absolute atomic E-state index is 0. The molecule has 4 heteroatoms. The van der Waals surface area contributed by atoms with Gasteiger partial charge in [-0.15, -0.1) is 12.4 Å². The summed E-state index contributed by atoms with van der Waals surface area (Å²) in [5, 5.41) is 3.15. The van der Waals surface area contributed by atoms with E-state index in [9.17, 15) is 4.79 Å². The van der Waals surface area contributed by atoms with Gasteiger partial charge in [-0.1, -0.05) is 13.8 Å². The number of amides is 1. The van der Waals surface area contributed by atoms with Crippen LogP contribution in [0.2, 0.25) is 0 Å². The average molecular weight is 249 g/mol. The Morgan fingerprint density at radius 2 is 1.75 bits per heavy atom. The highest BCUT2D eigenvalue weighted by molar-refractivity contribution is 5.85. The summed E-state index contributed by atoms with van der Waals surface area (Å²) in [6, 6.07) is 0.726. The Morgan fingerprint density at radius 1 is 1.25 bits per heavy atom. The highest BCUT2D eigenvalue weighted by atomic mass is 35.5. The lowest BCUT2D eigenvalue weighted by atomic mass is 9.91. The van der Waals surface area contributed by atoms with Crippen LogP contribution in [0.25, 0.3) is 0 Å². The van der Waals surface area contributed by atoms with Gasteiger partial charge in [0.25, 0.3) is 0 Å². The molecule has 0 aromatic carbocycles. The summed E-state index contributed by atoms with van der Waals surface area (Å²) >= 11 is 0. The highest BCUT2D eigenvalue weighted by Crippen LogP contribution is 2.18. The zero-order valence-corrected chi connectivity index (χ0v) is 11.2. The molecule has 0 spiro atoms. The quantitative estimate of drug-likeness (QED) is 0.802. The highest BCUT2D eigenvalue weighted by Gasteiger charge is 2.22. The molecule has 0 atom stereocenters. The van der Waals surface area contributed by atoms with Crippen LogP contribution in [0.4, 0.5) is 0 Å².